The number of aromatic nitrogens is 2. The van der Waals surface area contributed by atoms with Crippen molar-refractivity contribution in [1.82, 2.24) is 9.97 Å². The topological polar surface area (TPSA) is 91.9 Å². The quantitative estimate of drug-likeness (QED) is 0.697. The van der Waals surface area contributed by atoms with E-state index in [-0.39, 0.29) is 26.8 Å². The highest BCUT2D eigenvalue weighted by molar-refractivity contribution is 7.92. The SMILES string of the molecule is COc1ccc2[nH]c(S)nc2c1S(=O)(=O)c1c(C)cc([O])cc1C. The Hall–Kier alpha value is -2.19. The Kier molecular flexibility index (Phi) is 3.97. The number of aromatic amines is 1. The molecule has 2 aromatic carbocycles. The molecule has 0 aliphatic rings. The monoisotopic (exact) mass is 363 g/mol. The van der Waals surface area contributed by atoms with Crippen LogP contribution >= 0.6 is 12.6 Å². The van der Waals surface area contributed by atoms with Gasteiger partial charge in [-0.15, -0.1) is 12.6 Å². The third kappa shape index (κ3) is 2.51. The number of imidazole rings is 1. The van der Waals surface area contributed by atoms with Crippen molar-refractivity contribution < 1.29 is 18.3 Å². The van der Waals surface area contributed by atoms with Crippen LogP contribution in [-0.4, -0.2) is 25.5 Å². The van der Waals surface area contributed by atoms with Gasteiger partial charge in [0.05, 0.1) is 17.5 Å². The van der Waals surface area contributed by atoms with E-state index < -0.39 is 9.84 Å². The van der Waals surface area contributed by atoms with E-state index in [1.54, 1.807) is 26.0 Å². The summed E-state index contributed by atoms with van der Waals surface area (Å²) in [7, 11) is -2.56. The third-order valence-electron chi connectivity index (χ3n) is 3.75. The molecule has 1 heterocycles. The predicted molar refractivity (Wildman–Crippen MR) is 91.4 cm³/mol. The van der Waals surface area contributed by atoms with E-state index in [9.17, 15) is 13.5 Å². The van der Waals surface area contributed by atoms with E-state index in [0.29, 0.717) is 21.8 Å². The zero-order chi connectivity index (χ0) is 17.6. The van der Waals surface area contributed by atoms with Crippen molar-refractivity contribution in [2.24, 2.45) is 0 Å². The Labute approximate surface area is 144 Å². The van der Waals surface area contributed by atoms with Crippen LogP contribution in [0.4, 0.5) is 0 Å². The Morgan fingerprint density at radius 1 is 1.12 bits per heavy atom. The molecular weight excluding hydrogens is 348 g/mol. The first kappa shape index (κ1) is 16.7. The molecule has 0 unspecified atom stereocenters. The van der Waals surface area contributed by atoms with E-state index in [2.05, 4.69) is 22.6 Å². The van der Waals surface area contributed by atoms with Gasteiger partial charge in [-0.05, 0) is 49.2 Å². The summed E-state index contributed by atoms with van der Waals surface area (Å²) in [6, 6.07) is 5.86. The number of ether oxygens (including phenoxy) is 1. The van der Waals surface area contributed by atoms with Crippen molar-refractivity contribution in [2.75, 3.05) is 7.11 Å². The zero-order valence-corrected chi connectivity index (χ0v) is 15.0. The normalized spacial score (nSPS) is 11.8. The summed E-state index contributed by atoms with van der Waals surface area (Å²) >= 11 is 4.15. The Bertz CT molecular complexity index is 1030. The molecule has 6 nitrogen and oxygen atoms in total. The van der Waals surface area contributed by atoms with Crippen molar-refractivity contribution >= 4 is 33.5 Å². The van der Waals surface area contributed by atoms with E-state index in [1.165, 1.54) is 19.2 Å². The second kappa shape index (κ2) is 5.71. The van der Waals surface area contributed by atoms with Gasteiger partial charge in [0.2, 0.25) is 9.84 Å². The third-order valence-corrected chi connectivity index (χ3v) is 6.08. The van der Waals surface area contributed by atoms with Gasteiger partial charge in [0, 0.05) is 0 Å². The number of hydrogen-bond acceptors (Lipinski definition) is 5. The number of aryl methyl sites for hydroxylation is 2. The van der Waals surface area contributed by atoms with E-state index in [0.717, 1.165) is 0 Å². The highest BCUT2D eigenvalue weighted by atomic mass is 32.2. The molecule has 0 atom stereocenters. The second-order valence-corrected chi connectivity index (χ2v) is 7.69. The maximum Gasteiger partial charge on any atom is 0.213 e. The van der Waals surface area contributed by atoms with E-state index >= 15 is 0 Å². The number of fused-ring (bicyclic) bond motifs is 1. The molecule has 0 aliphatic carbocycles. The first-order chi connectivity index (χ1) is 11.3. The molecule has 0 fully saturated rings. The lowest BCUT2D eigenvalue weighted by Gasteiger charge is -2.14. The summed E-state index contributed by atoms with van der Waals surface area (Å²) in [5.74, 6) is -0.0427. The fourth-order valence-corrected chi connectivity index (χ4v) is 5.09. The summed E-state index contributed by atoms with van der Waals surface area (Å²) in [4.78, 5) is 7.13. The molecule has 0 amide bonds. The molecule has 3 aromatic rings. The number of H-pyrrole nitrogens is 1. The molecular formula is C16H15N2O4S2. The average molecular weight is 363 g/mol. The van der Waals surface area contributed by atoms with Gasteiger partial charge in [0.1, 0.15) is 16.2 Å². The number of hydrogen-bond donors (Lipinski definition) is 2. The molecule has 1 radical (unpaired) electrons. The van der Waals surface area contributed by atoms with Gasteiger partial charge in [-0.25, -0.2) is 13.4 Å². The summed E-state index contributed by atoms with van der Waals surface area (Å²) in [5.41, 5.74) is 1.57. The molecule has 24 heavy (non-hydrogen) atoms. The average Bonchev–Trinajstić information content (AvgIpc) is 2.84. The van der Waals surface area contributed by atoms with Gasteiger partial charge in [-0.3, -0.25) is 5.11 Å². The summed E-state index contributed by atoms with van der Waals surface area (Å²) in [6.45, 7) is 3.20. The molecule has 3 rings (SSSR count). The first-order valence-corrected chi connectivity index (χ1v) is 8.97. The number of rotatable bonds is 3. The van der Waals surface area contributed by atoms with Crippen LogP contribution in [0.25, 0.3) is 11.0 Å². The van der Waals surface area contributed by atoms with Crippen LogP contribution in [0.2, 0.25) is 0 Å². The smallest absolute Gasteiger partial charge is 0.213 e. The summed E-state index contributed by atoms with van der Waals surface area (Å²) in [6.07, 6.45) is 0. The molecule has 0 saturated heterocycles. The Balaban J connectivity index is 2.42. The van der Waals surface area contributed by atoms with Gasteiger partial charge < -0.3 is 9.72 Å². The number of thiol groups is 1. The van der Waals surface area contributed by atoms with Crippen LogP contribution in [0.1, 0.15) is 11.1 Å². The standard InChI is InChI=1S/C16H15N2O4S2/c1-8-6-10(19)7-9(2)14(8)24(20,21)15-12(22-3)5-4-11-13(15)18-16(23)17-11/h4-7H,1-3H3,(H2,17,18,23). The van der Waals surface area contributed by atoms with Crippen molar-refractivity contribution in [1.29, 1.82) is 0 Å². The van der Waals surface area contributed by atoms with E-state index in [1.807, 2.05) is 0 Å². The first-order valence-electron chi connectivity index (χ1n) is 7.04. The van der Waals surface area contributed by atoms with Crippen molar-refractivity contribution in [3.63, 3.8) is 0 Å². The number of nitrogens with zero attached hydrogens (tertiary/aromatic N) is 1. The van der Waals surface area contributed by atoms with Gasteiger partial charge in [-0.1, -0.05) is 0 Å². The fraction of sp³-hybridized carbons (Fsp3) is 0.188. The molecule has 1 aromatic heterocycles. The Morgan fingerprint density at radius 2 is 1.75 bits per heavy atom. The number of benzene rings is 2. The second-order valence-electron chi connectivity index (χ2n) is 5.44. The highest BCUT2D eigenvalue weighted by Crippen LogP contribution is 2.38. The lowest BCUT2D eigenvalue weighted by atomic mass is 10.1. The van der Waals surface area contributed by atoms with Gasteiger partial charge >= 0.3 is 0 Å². The minimum atomic E-state index is -3.95. The number of nitrogens with one attached hydrogen (secondary N) is 1. The highest BCUT2D eigenvalue weighted by Gasteiger charge is 2.30. The van der Waals surface area contributed by atoms with E-state index in [4.69, 9.17) is 4.74 Å². The lowest BCUT2D eigenvalue weighted by Crippen LogP contribution is -2.09. The minimum Gasteiger partial charge on any atom is -0.495 e. The van der Waals surface area contributed by atoms with Gasteiger partial charge in [-0.2, -0.15) is 0 Å². The molecule has 1 N–H and O–H groups in total. The Morgan fingerprint density at radius 3 is 2.33 bits per heavy atom. The van der Waals surface area contributed by atoms with Gasteiger partial charge in [0.15, 0.2) is 10.9 Å². The lowest BCUT2D eigenvalue weighted by molar-refractivity contribution is 0.354. The van der Waals surface area contributed by atoms with Gasteiger partial charge in [0.25, 0.3) is 0 Å². The zero-order valence-electron chi connectivity index (χ0n) is 13.2. The predicted octanol–water partition coefficient (Wildman–Crippen LogP) is 3.45. The molecule has 0 spiro atoms. The van der Waals surface area contributed by atoms with Crippen molar-refractivity contribution in [3.8, 4) is 11.5 Å². The maximum absolute atomic E-state index is 13.3. The molecule has 0 bridgehead atoms. The van der Waals surface area contributed by atoms with Crippen LogP contribution in [0.3, 0.4) is 0 Å². The molecule has 8 heteroatoms. The maximum atomic E-state index is 13.3. The summed E-state index contributed by atoms with van der Waals surface area (Å²) < 4.78 is 31.9. The van der Waals surface area contributed by atoms with Crippen LogP contribution in [0.15, 0.2) is 39.2 Å². The summed E-state index contributed by atoms with van der Waals surface area (Å²) in [5, 5.41) is 11.9. The molecule has 0 saturated carbocycles. The van der Waals surface area contributed by atoms with Crippen molar-refractivity contribution in [3.05, 3.63) is 35.4 Å². The number of sulfone groups is 1. The van der Waals surface area contributed by atoms with Crippen LogP contribution in [-0.2, 0) is 14.9 Å². The molecule has 0 aliphatic heterocycles. The van der Waals surface area contributed by atoms with Crippen LogP contribution < -0.4 is 4.74 Å². The number of methoxy groups -OCH3 is 1. The van der Waals surface area contributed by atoms with Crippen LogP contribution in [0.5, 0.6) is 11.5 Å². The fourth-order valence-electron chi connectivity index (χ4n) is 2.88. The van der Waals surface area contributed by atoms with Crippen molar-refractivity contribution in [2.45, 2.75) is 28.8 Å². The van der Waals surface area contributed by atoms with Crippen LogP contribution in [0, 0.1) is 13.8 Å². The molecule has 125 valence electrons. The largest absolute Gasteiger partial charge is 0.495 e. The minimum absolute atomic E-state index is 0.0381.